The van der Waals surface area contributed by atoms with Crippen molar-refractivity contribution in [1.82, 2.24) is 4.90 Å². The average molecular weight is 410 g/mol. The summed E-state index contributed by atoms with van der Waals surface area (Å²) in [5.41, 5.74) is 4.55. The first kappa shape index (κ1) is 23.5. The maximum Gasteiger partial charge on any atom is 0.254 e. The summed E-state index contributed by atoms with van der Waals surface area (Å²) in [4.78, 5) is 29.5. The number of rotatable bonds is 8. The number of anilines is 2. The monoisotopic (exact) mass is 409 g/mol. The SMILES string of the molecule is CC[C@@H](C)N(Cc1cc(NC(=O)C(C)C)ccc1N(C)C)C(=O)c1cccc(C)c1. The topological polar surface area (TPSA) is 52.7 Å². The number of nitrogens with one attached hydrogen (secondary N) is 1. The normalized spacial score (nSPS) is 11.9. The number of benzene rings is 2. The van der Waals surface area contributed by atoms with Gasteiger partial charge in [-0.05, 0) is 56.2 Å². The van der Waals surface area contributed by atoms with E-state index in [0.717, 1.165) is 28.9 Å². The van der Waals surface area contributed by atoms with Crippen molar-refractivity contribution in [3.8, 4) is 0 Å². The molecule has 2 aromatic rings. The third-order valence-electron chi connectivity index (χ3n) is 5.34. The zero-order chi connectivity index (χ0) is 22.4. The number of hydrogen-bond donors (Lipinski definition) is 1. The molecule has 0 radical (unpaired) electrons. The number of nitrogens with zero attached hydrogens (tertiary/aromatic N) is 2. The minimum absolute atomic E-state index is 0.0202. The summed E-state index contributed by atoms with van der Waals surface area (Å²) >= 11 is 0. The molecule has 0 aromatic heterocycles. The second kappa shape index (κ2) is 10.3. The van der Waals surface area contributed by atoms with E-state index in [1.807, 2.05) is 87.1 Å². The molecule has 2 rings (SSSR count). The number of carbonyl (C=O) groups is 2. The Morgan fingerprint density at radius 1 is 1.03 bits per heavy atom. The van der Waals surface area contributed by atoms with Gasteiger partial charge in [0.2, 0.25) is 5.91 Å². The summed E-state index contributed by atoms with van der Waals surface area (Å²) in [6.45, 7) is 10.4. The van der Waals surface area contributed by atoms with E-state index in [1.54, 1.807) is 0 Å². The van der Waals surface area contributed by atoms with Crippen molar-refractivity contribution in [3.63, 3.8) is 0 Å². The van der Waals surface area contributed by atoms with Crippen molar-refractivity contribution in [2.75, 3.05) is 24.3 Å². The van der Waals surface area contributed by atoms with Gasteiger partial charge in [-0.1, -0.05) is 38.5 Å². The van der Waals surface area contributed by atoms with E-state index in [1.165, 1.54) is 0 Å². The van der Waals surface area contributed by atoms with Gasteiger partial charge < -0.3 is 15.1 Å². The largest absolute Gasteiger partial charge is 0.377 e. The molecule has 0 saturated carbocycles. The molecular weight excluding hydrogens is 374 g/mol. The second-order valence-electron chi connectivity index (χ2n) is 8.44. The molecule has 5 heteroatoms. The fraction of sp³-hybridized carbons (Fsp3) is 0.440. The molecule has 2 amide bonds. The Labute approximate surface area is 181 Å². The van der Waals surface area contributed by atoms with Crippen molar-refractivity contribution < 1.29 is 9.59 Å². The summed E-state index contributed by atoms with van der Waals surface area (Å²) in [5, 5.41) is 2.97. The maximum atomic E-state index is 13.4. The molecule has 1 N–H and O–H groups in total. The predicted molar refractivity (Wildman–Crippen MR) is 125 cm³/mol. The van der Waals surface area contributed by atoms with E-state index in [4.69, 9.17) is 0 Å². The molecule has 0 heterocycles. The fourth-order valence-electron chi connectivity index (χ4n) is 3.29. The minimum atomic E-state index is -0.0958. The van der Waals surface area contributed by atoms with Crippen molar-refractivity contribution in [3.05, 3.63) is 59.2 Å². The summed E-state index contributed by atoms with van der Waals surface area (Å²) in [7, 11) is 3.97. The summed E-state index contributed by atoms with van der Waals surface area (Å²) in [6, 6.07) is 13.7. The Hall–Kier alpha value is -2.82. The number of aryl methyl sites for hydroxylation is 1. The average Bonchev–Trinajstić information content (AvgIpc) is 2.70. The molecule has 0 fully saturated rings. The van der Waals surface area contributed by atoms with Crippen LogP contribution in [-0.2, 0) is 11.3 Å². The zero-order valence-corrected chi connectivity index (χ0v) is 19.3. The third-order valence-corrected chi connectivity index (χ3v) is 5.34. The zero-order valence-electron chi connectivity index (χ0n) is 19.3. The van der Waals surface area contributed by atoms with Crippen LogP contribution < -0.4 is 10.2 Å². The minimum Gasteiger partial charge on any atom is -0.377 e. The van der Waals surface area contributed by atoms with E-state index in [9.17, 15) is 9.59 Å². The van der Waals surface area contributed by atoms with Gasteiger partial charge in [-0.25, -0.2) is 0 Å². The highest BCUT2D eigenvalue weighted by Crippen LogP contribution is 2.27. The highest BCUT2D eigenvalue weighted by Gasteiger charge is 2.23. The van der Waals surface area contributed by atoms with Gasteiger partial charge in [0.05, 0.1) is 0 Å². The van der Waals surface area contributed by atoms with Gasteiger partial charge in [0.25, 0.3) is 5.91 Å². The number of amides is 2. The van der Waals surface area contributed by atoms with Gasteiger partial charge in [0.1, 0.15) is 0 Å². The molecular formula is C25H35N3O2. The first-order valence-electron chi connectivity index (χ1n) is 10.6. The van der Waals surface area contributed by atoms with Crippen molar-refractivity contribution >= 4 is 23.2 Å². The van der Waals surface area contributed by atoms with Crippen LogP contribution >= 0.6 is 0 Å². The van der Waals surface area contributed by atoms with Crippen LogP contribution in [0.3, 0.4) is 0 Å². The lowest BCUT2D eigenvalue weighted by molar-refractivity contribution is -0.118. The Balaban J connectivity index is 2.42. The van der Waals surface area contributed by atoms with Crippen LogP contribution in [0.5, 0.6) is 0 Å². The summed E-state index contributed by atoms with van der Waals surface area (Å²) in [6.07, 6.45) is 0.860. The molecule has 2 aromatic carbocycles. The first-order valence-corrected chi connectivity index (χ1v) is 10.6. The van der Waals surface area contributed by atoms with Gasteiger partial charge >= 0.3 is 0 Å². The van der Waals surface area contributed by atoms with E-state index < -0.39 is 0 Å². The quantitative estimate of drug-likeness (QED) is 0.660. The maximum absolute atomic E-state index is 13.4. The number of hydrogen-bond acceptors (Lipinski definition) is 3. The van der Waals surface area contributed by atoms with Crippen LogP contribution in [0.25, 0.3) is 0 Å². The molecule has 0 aliphatic carbocycles. The number of carbonyl (C=O) groups excluding carboxylic acids is 2. The molecule has 0 spiro atoms. The third kappa shape index (κ3) is 5.85. The van der Waals surface area contributed by atoms with Gasteiger partial charge in [0, 0.05) is 49.5 Å². The highest BCUT2D eigenvalue weighted by atomic mass is 16.2. The Morgan fingerprint density at radius 2 is 1.73 bits per heavy atom. The highest BCUT2D eigenvalue weighted by molar-refractivity contribution is 5.95. The molecule has 0 bridgehead atoms. The Morgan fingerprint density at radius 3 is 2.30 bits per heavy atom. The van der Waals surface area contributed by atoms with Gasteiger partial charge in [-0.2, -0.15) is 0 Å². The second-order valence-corrected chi connectivity index (χ2v) is 8.44. The Bertz CT molecular complexity index is 890. The smallest absolute Gasteiger partial charge is 0.254 e. The molecule has 0 unspecified atom stereocenters. The lowest BCUT2D eigenvalue weighted by atomic mass is 10.1. The van der Waals surface area contributed by atoms with Crippen molar-refractivity contribution in [2.24, 2.45) is 5.92 Å². The summed E-state index contributed by atoms with van der Waals surface area (Å²) < 4.78 is 0. The standard InChI is InChI=1S/C25H35N3O2/c1-8-19(5)28(25(30)20-11-9-10-18(4)14-20)16-21-15-22(26-24(29)17(2)3)12-13-23(21)27(6)7/h9-15,17,19H,8,16H2,1-7H3,(H,26,29)/t19-/m1/s1. The van der Waals surface area contributed by atoms with Gasteiger partial charge in [0.15, 0.2) is 0 Å². The molecule has 30 heavy (non-hydrogen) atoms. The van der Waals surface area contributed by atoms with Gasteiger partial charge in [-0.15, -0.1) is 0 Å². The van der Waals surface area contributed by atoms with Crippen LogP contribution in [-0.4, -0.2) is 36.9 Å². The van der Waals surface area contributed by atoms with Gasteiger partial charge in [-0.3, -0.25) is 9.59 Å². The first-order chi connectivity index (χ1) is 14.1. The van der Waals surface area contributed by atoms with Crippen LogP contribution in [0.4, 0.5) is 11.4 Å². The van der Waals surface area contributed by atoms with Crippen LogP contribution in [0.2, 0.25) is 0 Å². The van der Waals surface area contributed by atoms with E-state index in [2.05, 4.69) is 19.2 Å². The fourth-order valence-corrected chi connectivity index (χ4v) is 3.29. The van der Waals surface area contributed by atoms with E-state index >= 15 is 0 Å². The van der Waals surface area contributed by atoms with E-state index in [-0.39, 0.29) is 23.8 Å². The van der Waals surface area contributed by atoms with Crippen LogP contribution in [0.1, 0.15) is 55.6 Å². The summed E-state index contributed by atoms with van der Waals surface area (Å²) in [5.74, 6) is -0.0935. The molecule has 0 aliphatic rings. The molecule has 5 nitrogen and oxygen atoms in total. The lowest BCUT2D eigenvalue weighted by Crippen LogP contribution is -2.38. The van der Waals surface area contributed by atoms with E-state index in [0.29, 0.717) is 12.1 Å². The van der Waals surface area contributed by atoms with Crippen molar-refractivity contribution in [1.29, 1.82) is 0 Å². The molecule has 162 valence electrons. The molecule has 1 atom stereocenters. The predicted octanol–water partition coefficient (Wildman–Crippen LogP) is 5.10. The molecule has 0 saturated heterocycles. The Kier molecular flexibility index (Phi) is 8.04. The lowest BCUT2D eigenvalue weighted by Gasteiger charge is -2.31. The molecule has 0 aliphatic heterocycles. The van der Waals surface area contributed by atoms with Crippen molar-refractivity contribution in [2.45, 2.75) is 53.6 Å². The van der Waals surface area contributed by atoms with Crippen LogP contribution in [0.15, 0.2) is 42.5 Å². The van der Waals surface area contributed by atoms with Crippen LogP contribution in [0, 0.1) is 12.8 Å².